The Morgan fingerprint density at radius 3 is 2.58 bits per heavy atom. The van der Waals surface area contributed by atoms with Gasteiger partial charge >= 0.3 is 6.03 Å². The van der Waals surface area contributed by atoms with E-state index in [0.29, 0.717) is 28.6 Å². The number of benzene rings is 1. The Labute approximate surface area is 181 Å². The van der Waals surface area contributed by atoms with E-state index in [4.69, 9.17) is 17.3 Å². The van der Waals surface area contributed by atoms with Crippen LogP contribution in [0.1, 0.15) is 12.6 Å². The van der Waals surface area contributed by atoms with Gasteiger partial charge in [-0.2, -0.15) is 0 Å². The van der Waals surface area contributed by atoms with E-state index >= 15 is 0 Å². The van der Waals surface area contributed by atoms with Gasteiger partial charge in [0.2, 0.25) is 0 Å². The number of nitrogen functional groups attached to an aromatic ring is 1. The molecule has 2 amide bonds. The first-order chi connectivity index (χ1) is 14.9. The van der Waals surface area contributed by atoms with Crippen LogP contribution in [0.4, 0.5) is 22.0 Å². The van der Waals surface area contributed by atoms with Crippen molar-refractivity contribution in [2.24, 2.45) is 0 Å². The summed E-state index contributed by atoms with van der Waals surface area (Å²) in [7, 11) is 0. The minimum Gasteiger partial charge on any atom is -0.383 e. The molecule has 0 atom stereocenters. The molecule has 0 radical (unpaired) electrons. The number of halogens is 1. The van der Waals surface area contributed by atoms with Crippen molar-refractivity contribution in [3.63, 3.8) is 0 Å². The molecule has 0 saturated carbocycles. The van der Waals surface area contributed by atoms with E-state index in [1.165, 1.54) is 12.4 Å². The maximum absolute atomic E-state index is 12.3. The number of hydrogen-bond donors (Lipinski definition) is 3. The zero-order valence-corrected chi connectivity index (χ0v) is 17.2. The topological polar surface area (TPSA) is 128 Å². The first-order valence-corrected chi connectivity index (χ1v) is 9.79. The summed E-state index contributed by atoms with van der Waals surface area (Å²) in [6.07, 6.45) is 3.63. The zero-order chi connectivity index (χ0) is 22.0. The second-order valence-electron chi connectivity index (χ2n) is 6.66. The van der Waals surface area contributed by atoms with Crippen molar-refractivity contribution in [2.75, 3.05) is 16.4 Å². The molecule has 4 N–H and O–H groups in total. The number of urea groups is 1. The van der Waals surface area contributed by atoms with Gasteiger partial charge in [0.15, 0.2) is 11.1 Å². The lowest BCUT2D eigenvalue weighted by Gasteiger charge is -2.12. The first kappa shape index (κ1) is 20.3. The third-order valence-electron chi connectivity index (χ3n) is 4.58. The molecule has 4 rings (SSSR count). The molecule has 0 fully saturated rings. The van der Waals surface area contributed by atoms with E-state index in [-0.39, 0.29) is 16.6 Å². The lowest BCUT2D eigenvalue weighted by molar-refractivity contribution is 0.262. The lowest BCUT2D eigenvalue weighted by Crippen LogP contribution is -2.19. The molecule has 4 aromatic rings. The van der Waals surface area contributed by atoms with Gasteiger partial charge in [-0.1, -0.05) is 18.5 Å². The lowest BCUT2D eigenvalue weighted by atomic mass is 10.2. The van der Waals surface area contributed by atoms with E-state index in [9.17, 15) is 9.59 Å². The highest BCUT2D eigenvalue weighted by molar-refractivity contribution is 6.29. The Kier molecular flexibility index (Phi) is 5.50. The summed E-state index contributed by atoms with van der Waals surface area (Å²) in [5.41, 5.74) is 8.66. The Hall–Kier alpha value is -3.98. The minimum atomic E-state index is -0.411. The monoisotopic (exact) mass is 435 g/mol. The maximum Gasteiger partial charge on any atom is 0.323 e. The van der Waals surface area contributed by atoms with Gasteiger partial charge in [0.1, 0.15) is 22.7 Å². The number of hydrogen-bond acceptors (Lipinski definition) is 6. The molecule has 0 aliphatic heterocycles. The molecule has 0 saturated heterocycles. The van der Waals surface area contributed by atoms with Crippen LogP contribution in [0.25, 0.3) is 16.7 Å². The van der Waals surface area contributed by atoms with Crippen LogP contribution in [0.15, 0.2) is 59.8 Å². The quantitative estimate of drug-likeness (QED) is 0.420. The third-order valence-corrected chi connectivity index (χ3v) is 4.77. The number of carbonyl (C=O) groups is 1. The van der Waals surface area contributed by atoms with Gasteiger partial charge in [-0.25, -0.2) is 19.7 Å². The maximum atomic E-state index is 12.3. The van der Waals surface area contributed by atoms with Crippen molar-refractivity contribution in [2.45, 2.75) is 13.3 Å². The number of amides is 2. The van der Waals surface area contributed by atoms with Crippen LogP contribution in [0, 0.1) is 0 Å². The molecular weight excluding hydrogens is 418 g/mol. The Morgan fingerprint density at radius 2 is 1.84 bits per heavy atom. The number of pyridine rings is 2. The number of aromatic nitrogens is 4. The molecule has 156 valence electrons. The van der Waals surface area contributed by atoms with Crippen LogP contribution in [0.2, 0.25) is 5.15 Å². The second kappa shape index (κ2) is 8.41. The summed E-state index contributed by atoms with van der Waals surface area (Å²) in [6, 6.07) is 11.4. The molecule has 3 heterocycles. The molecule has 0 aliphatic rings. The summed E-state index contributed by atoms with van der Waals surface area (Å²) in [5, 5.41) is 6.08. The normalized spacial score (nSPS) is 10.8. The second-order valence-corrected chi connectivity index (χ2v) is 7.04. The summed E-state index contributed by atoms with van der Waals surface area (Å²) in [4.78, 5) is 36.7. The predicted molar refractivity (Wildman–Crippen MR) is 121 cm³/mol. The van der Waals surface area contributed by atoms with Gasteiger partial charge < -0.3 is 20.9 Å². The van der Waals surface area contributed by atoms with Crippen LogP contribution >= 0.6 is 11.6 Å². The first-order valence-electron chi connectivity index (χ1n) is 9.41. The SMILES string of the molecule is CCc1cc(NC(=O)Nc2ccc(-n3ccc(=O)c4c(N)ncnc43)cc2)cc(Cl)n1. The van der Waals surface area contributed by atoms with Crippen LogP contribution in [0.5, 0.6) is 0 Å². The molecule has 31 heavy (non-hydrogen) atoms. The number of nitrogens with two attached hydrogens (primary N) is 1. The fraction of sp³-hybridized carbons (Fsp3) is 0.0952. The molecule has 1 aromatic carbocycles. The standard InChI is InChI=1S/C21H18ClN7O2/c1-2-12-9-14(10-17(22)26-12)28-21(31)27-13-3-5-15(6-4-13)29-8-7-16(30)18-19(23)24-11-25-20(18)29/h3-11H,2H2,1H3,(H2,23,24,25)(H2,26,27,28,31). The number of nitrogens with one attached hydrogen (secondary N) is 2. The summed E-state index contributed by atoms with van der Waals surface area (Å²) in [5.74, 6) is 0.127. The number of fused-ring (bicyclic) bond motifs is 1. The molecule has 0 aliphatic carbocycles. The van der Waals surface area contributed by atoms with Crippen molar-refractivity contribution < 1.29 is 4.79 Å². The number of aryl methyl sites for hydroxylation is 1. The minimum absolute atomic E-state index is 0.127. The van der Waals surface area contributed by atoms with E-state index in [0.717, 1.165) is 11.4 Å². The van der Waals surface area contributed by atoms with Crippen LogP contribution in [-0.4, -0.2) is 25.6 Å². The van der Waals surface area contributed by atoms with Crippen molar-refractivity contribution >= 4 is 45.9 Å². The Morgan fingerprint density at radius 1 is 1.10 bits per heavy atom. The van der Waals surface area contributed by atoms with Gasteiger partial charge in [-0.15, -0.1) is 0 Å². The van der Waals surface area contributed by atoms with Gasteiger partial charge in [0, 0.05) is 35.0 Å². The Balaban J connectivity index is 1.54. The fourth-order valence-electron chi connectivity index (χ4n) is 3.12. The van der Waals surface area contributed by atoms with Crippen LogP contribution in [0.3, 0.4) is 0 Å². The van der Waals surface area contributed by atoms with Gasteiger partial charge in [-0.3, -0.25) is 4.79 Å². The highest BCUT2D eigenvalue weighted by Crippen LogP contribution is 2.20. The number of nitrogens with zero attached hydrogens (tertiary/aromatic N) is 4. The van der Waals surface area contributed by atoms with Crippen LogP contribution < -0.4 is 21.8 Å². The molecular formula is C21H18ClN7O2. The van der Waals surface area contributed by atoms with Gasteiger partial charge in [0.25, 0.3) is 0 Å². The number of anilines is 3. The van der Waals surface area contributed by atoms with Gasteiger partial charge in [-0.05, 0) is 42.8 Å². The highest BCUT2D eigenvalue weighted by Gasteiger charge is 2.10. The molecule has 3 aromatic heterocycles. The van der Waals surface area contributed by atoms with E-state index < -0.39 is 6.03 Å². The van der Waals surface area contributed by atoms with Crippen molar-refractivity contribution in [3.8, 4) is 5.69 Å². The zero-order valence-electron chi connectivity index (χ0n) is 16.5. The molecule has 0 spiro atoms. The fourth-order valence-corrected chi connectivity index (χ4v) is 3.34. The van der Waals surface area contributed by atoms with E-state index in [2.05, 4.69) is 25.6 Å². The van der Waals surface area contributed by atoms with Crippen molar-refractivity contribution in [1.82, 2.24) is 19.5 Å². The molecule has 10 heteroatoms. The molecule has 0 unspecified atom stereocenters. The molecule has 0 bridgehead atoms. The van der Waals surface area contributed by atoms with Crippen LogP contribution in [-0.2, 0) is 6.42 Å². The third kappa shape index (κ3) is 4.31. The Bertz CT molecular complexity index is 1340. The average molecular weight is 436 g/mol. The average Bonchev–Trinajstić information content (AvgIpc) is 2.74. The largest absolute Gasteiger partial charge is 0.383 e. The number of rotatable bonds is 4. The van der Waals surface area contributed by atoms with E-state index in [1.807, 2.05) is 6.92 Å². The predicted octanol–water partition coefficient (Wildman–Crippen LogP) is 3.62. The number of carbonyl (C=O) groups excluding carboxylic acids is 1. The summed E-state index contributed by atoms with van der Waals surface area (Å²) < 4.78 is 1.73. The smallest absolute Gasteiger partial charge is 0.323 e. The summed E-state index contributed by atoms with van der Waals surface area (Å²) in [6.45, 7) is 1.95. The van der Waals surface area contributed by atoms with Crippen molar-refractivity contribution in [3.05, 3.63) is 76.1 Å². The van der Waals surface area contributed by atoms with Crippen molar-refractivity contribution in [1.29, 1.82) is 0 Å². The molecule has 9 nitrogen and oxygen atoms in total. The highest BCUT2D eigenvalue weighted by atomic mass is 35.5. The van der Waals surface area contributed by atoms with Gasteiger partial charge in [0.05, 0.1) is 0 Å². The van der Waals surface area contributed by atoms with E-state index in [1.54, 1.807) is 47.2 Å². The summed E-state index contributed by atoms with van der Waals surface area (Å²) >= 11 is 5.99.